The lowest BCUT2D eigenvalue weighted by Crippen LogP contribution is -2.50. The molecule has 3 saturated carbocycles. The van der Waals surface area contributed by atoms with Crippen molar-refractivity contribution in [3.63, 3.8) is 0 Å². The van der Waals surface area contributed by atoms with Gasteiger partial charge >= 0.3 is 6.61 Å². The molecule has 6 atom stereocenters. The number of aliphatic hydroxyl groups excluding tert-OH is 1. The van der Waals surface area contributed by atoms with E-state index in [4.69, 9.17) is 4.74 Å². The van der Waals surface area contributed by atoms with Crippen LogP contribution in [0.1, 0.15) is 64.4 Å². The molecule has 0 aromatic heterocycles. The number of ether oxygens (including phenoxy) is 2. The fourth-order valence-electron chi connectivity index (χ4n) is 7.61. The number of halogens is 2. The molecule has 184 valence electrons. The maximum absolute atomic E-state index is 13.6. The van der Waals surface area contributed by atoms with Crippen molar-refractivity contribution < 1.29 is 28.2 Å². The highest BCUT2D eigenvalue weighted by Gasteiger charge is 2.59. The highest BCUT2D eigenvalue weighted by Crippen LogP contribution is 2.64. The van der Waals surface area contributed by atoms with Crippen molar-refractivity contribution in [1.82, 2.24) is 0 Å². The van der Waals surface area contributed by atoms with E-state index >= 15 is 0 Å². The first-order valence-electron chi connectivity index (χ1n) is 12.4. The van der Waals surface area contributed by atoms with Crippen molar-refractivity contribution in [1.29, 1.82) is 0 Å². The number of hydrogen-bond acceptors (Lipinski definition) is 4. The molecule has 1 aromatic rings. The first kappa shape index (κ1) is 23.5. The molecule has 34 heavy (non-hydrogen) atoms. The number of allylic oxidation sites excluding steroid dienone is 2. The topological polar surface area (TPSA) is 55.8 Å². The van der Waals surface area contributed by atoms with Crippen LogP contribution in [0.3, 0.4) is 0 Å². The van der Waals surface area contributed by atoms with Crippen LogP contribution in [0.25, 0.3) is 6.08 Å². The molecule has 0 heterocycles. The van der Waals surface area contributed by atoms with E-state index in [1.165, 1.54) is 18.7 Å². The summed E-state index contributed by atoms with van der Waals surface area (Å²) in [5.74, 6) is 1.75. The van der Waals surface area contributed by atoms with Gasteiger partial charge in [-0.05, 0) is 97.5 Å². The average molecular weight is 473 g/mol. The van der Waals surface area contributed by atoms with Crippen LogP contribution in [0.2, 0.25) is 0 Å². The highest BCUT2D eigenvalue weighted by atomic mass is 19.3. The van der Waals surface area contributed by atoms with Crippen molar-refractivity contribution >= 4 is 11.9 Å². The molecule has 0 radical (unpaired) electrons. The summed E-state index contributed by atoms with van der Waals surface area (Å²) < 4.78 is 35.1. The molecular weight excluding hydrogens is 438 g/mol. The van der Waals surface area contributed by atoms with E-state index in [0.717, 1.165) is 56.1 Å². The number of hydrogen-bond donors (Lipinski definition) is 1. The van der Waals surface area contributed by atoms with Crippen molar-refractivity contribution in [3.05, 3.63) is 41.0 Å². The summed E-state index contributed by atoms with van der Waals surface area (Å²) in [6, 6.07) is 4.81. The zero-order chi connectivity index (χ0) is 24.3. The second-order valence-corrected chi connectivity index (χ2v) is 11.1. The van der Waals surface area contributed by atoms with Crippen LogP contribution in [0.4, 0.5) is 8.78 Å². The number of fused-ring (bicyclic) bond motifs is 5. The predicted octanol–water partition coefficient (Wildman–Crippen LogP) is 6.18. The molecule has 4 nitrogen and oxygen atoms in total. The molecule has 5 rings (SSSR count). The van der Waals surface area contributed by atoms with E-state index in [-0.39, 0.29) is 34.2 Å². The number of rotatable bonds is 4. The molecule has 1 aromatic carbocycles. The van der Waals surface area contributed by atoms with Crippen LogP contribution in [0.15, 0.2) is 35.4 Å². The number of benzene rings is 1. The van der Waals surface area contributed by atoms with Crippen LogP contribution < -0.4 is 9.47 Å². The number of carbonyl (C=O) groups is 1. The Morgan fingerprint density at radius 2 is 1.85 bits per heavy atom. The average Bonchev–Trinajstić information content (AvgIpc) is 3.05. The first-order chi connectivity index (χ1) is 16.2. The molecule has 4 aliphatic carbocycles. The van der Waals surface area contributed by atoms with Gasteiger partial charge in [-0.1, -0.05) is 31.6 Å². The summed E-state index contributed by atoms with van der Waals surface area (Å²) in [6.07, 6.45) is 10.4. The number of aliphatic hydroxyl groups is 1. The van der Waals surface area contributed by atoms with Gasteiger partial charge in [0, 0.05) is 5.41 Å². The molecule has 0 spiro atoms. The third-order valence-corrected chi connectivity index (χ3v) is 9.46. The maximum atomic E-state index is 13.6. The molecule has 0 amide bonds. The molecule has 4 aliphatic rings. The molecular formula is C28H34F2O4. The van der Waals surface area contributed by atoms with Crippen molar-refractivity contribution in [2.45, 2.75) is 71.5 Å². The van der Waals surface area contributed by atoms with Crippen LogP contribution in [-0.4, -0.2) is 30.7 Å². The van der Waals surface area contributed by atoms with Gasteiger partial charge in [-0.2, -0.15) is 8.78 Å². The predicted molar refractivity (Wildman–Crippen MR) is 126 cm³/mol. The largest absolute Gasteiger partial charge is 0.493 e. The van der Waals surface area contributed by atoms with Gasteiger partial charge in [0.25, 0.3) is 0 Å². The number of alkyl halides is 2. The minimum absolute atomic E-state index is 0.0171. The van der Waals surface area contributed by atoms with Gasteiger partial charge < -0.3 is 14.6 Å². The number of Topliss-reactive ketones (excluding diaryl/α,β-unsaturated/α-hetero) is 1. The van der Waals surface area contributed by atoms with Crippen LogP contribution >= 0.6 is 0 Å². The Balaban J connectivity index is 1.43. The van der Waals surface area contributed by atoms with E-state index in [2.05, 4.69) is 24.7 Å². The summed E-state index contributed by atoms with van der Waals surface area (Å²) in [5.41, 5.74) is 2.77. The molecule has 0 aliphatic heterocycles. The van der Waals surface area contributed by atoms with E-state index in [1.807, 2.05) is 6.08 Å². The Bertz CT molecular complexity index is 1050. The molecule has 3 fully saturated rings. The summed E-state index contributed by atoms with van der Waals surface area (Å²) in [4.78, 5) is 13.6. The Kier molecular flexibility index (Phi) is 5.86. The summed E-state index contributed by atoms with van der Waals surface area (Å²) >= 11 is 0. The normalized spacial score (nSPS) is 38.3. The van der Waals surface area contributed by atoms with Crippen molar-refractivity contribution in [2.24, 2.45) is 28.6 Å². The Morgan fingerprint density at radius 3 is 2.59 bits per heavy atom. The minimum atomic E-state index is -2.93. The quantitative estimate of drug-likeness (QED) is 0.420. The molecule has 1 N–H and O–H groups in total. The molecule has 0 saturated heterocycles. The van der Waals surface area contributed by atoms with Gasteiger partial charge in [0.2, 0.25) is 0 Å². The number of carbonyl (C=O) groups excluding carboxylic acids is 1. The van der Waals surface area contributed by atoms with Crippen molar-refractivity contribution in [2.75, 3.05) is 7.11 Å². The third kappa shape index (κ3) is 3.69. The van der Waals surface area contributed by atoms with E-state index < -0.39 is 6.61 Å². The lowest BCUT2D eigenvalue weighted by molar-refractivity contribution is -0.130. The minimum Gasteiger partial charge on any atom is -0.493 e. The fraction of sp³-hybridized carbons (Fsp3) is 0.607. The van der Waals surface area contributed by atoms with Gasteiger partial charge in [-0.25, -0.2) is 0 Å². The van der Waals surface area contributed by atoms with Gasteiger partial charge in [-0.3, -0.25) is 4.79 Å². The van der Waals surface area contributed by atoms with Crippen LogP contribution in [0.5, 0.6) is 11.5 Å². The molecule has 6 heteroatoms. The van der Waals surface area contributed by atoms with Crippen LogP contribution in [0, 0.1) is 28.6 Å². The standard InChI is InChI=1S/C28H34F2O4/c1-27-10-8-19(31)15-18(27)5-6-20-21(27)9-11-28(2)22(20)14-17(25(28)32)12-16-4-7-23(34-26(29)30)24(13-16)33-3/h4-5,7,12-13,19-22,26,31H,6,8-11,14-15H2,1-3H3/b17-12-/t19-,20+,21-,22-,27+,28-/m1/s1. The summed E-state index contributed by atoms with van der Waals surface area (Å²) in [6.45, 7) is 1.60. The summed E-state index contributed by atoms with van der Waals surface area (Å²) in [5, 5.41) is 10.2. The van der Waals surface area contributed by atoms with Gasteiger partial charge in [0.1, 0.15) is 0 Å². The monoisotopic (exact) mass is 472 g/mol. The van der Waals surface area contributed by atoms with Crippen LogP contribution in [-0.2, 0) is 4.79 Å². The zero-order valence-corrected chi connectivity index (χ0v) is 20.2. The summed E-state index contributed by atoms with van der Waals surface area (Å²) in [7, 11) is 1.41. The molecule has 0 unspecified atom stereocenters. The van der Waals surface area contributed by atoms with Gasteiger partial charge in [-0.15, -0.1) is 0 Å². The third-order valence-electron chi connectivity index (χ3n) is 9.46. The number of methoxy groups -OCH3 is 1. The fourth-order valence-corrected chi connectivity index (χ4v) is 7.61. The maximum Gasteiger partial charge on any atom is 0.387 e. The van der Waals surface area contributed by atoms with Gasteiger partial charge in [0.15, 0.2) is 17.3 Å². The van der Waals surface area contributed by atoms with Gasteiger partial charge in [0.05, 0.1) is 13.2 Å². The second kappa shape index (κ2) is 8.47. The second-order valence-electron chi connectivity index (χ2n) is 11.1. The van der Waals surface area contributed by atoms with E-state index in [0.29, 0.717) is 17.8 Å². The SMILES string of the molecule is COc1cc(/C=C2/C[C@@H]3[C@H]4CC=C5C[C@H](O)CC[C@]5(C)[C@@H]4CC[C@@]3(C)C2=O)ccc1OC(F)F. The lowest BCUT2D eigenvalue weighted by Gasteiger charge is -2.56. The van der Waals surface area contributed by atoms with Crippen molar-refractivity contribution in [3.8, 4) is 11.5 Å². The van der Waals surface area contributed by atoms with E-state index in [9.17, 15) is 18.7 Å². The van der Waals surface area contributed by atoms with E-state index in [1.54, 1.807) is 12.1 Å². The number of ketones is 1. The Labute approximate surface area is 200 Å². The highest BCUT2D eigenvalue weighted by molar-refractivity contribution is 6.06. The Hall–Kier alpha value is -2.21. The lowest BCUT2D eigenvalue weighted by atomic mass is 9.48. The first-order valence-corrected chi connectivity index (χ1v) is 12.4. The Morgan fingerprint density at radius 1 is 1.09 bits per heavy atom. The zero-order valence-electron chi connectivity index (χ0n) is 20.2. The molecule has 0 bridgehead atoms. The smallest absolute Gasteiger partial charge is 0.387 e.